The summed E-state index contributed by atoms with van der Waals surface area (Å²) in [6.45, 7) is 2.82. The van der Waals surface area contributed by atoms with E-state index in [0.29, 0.717) is 5.56 Å². The summed E-state index contributed by atoms with van der Waals surface area (Å²) in [5, 5.41) is 5.94. The molecule has 2 N–H and O–H groups in total. The highest BCUT2D eigenvalue weighted by Gasteiger charge is 2.03. The van der Waals surface area contributed by atoms with Crippen LogP contribution in [0.1, 0.15) is 21.5 Å². The SMILES string of the molecule is CNC(=O)c1cccc(NCc2ccc(C)cc2)c1. The minimum atomic E-state index is -0.0704. The summed E-state index contributed by atoms with van der Waals surface area (Å²) >= 11 is 0. The smallest absolute Gasteiger partial charge is 0.251 e. The lowest BCUT2D eigenvalue weighted by Crippen LogP contribution is -2.17. The molecule has 98 valence electrons. The summed E-state index contributed by atoms with van der Waals surface area (Å²) in [6.07, 6.45) is 0. The summed E-state index contributed by atoms with van der Waals surface area (Å²) in [6, 6.07) is 15.9. The van der Waals surface area contributed by atoms with E-state index in [0.717, 1.165) is 12.2 Å². The minimum absolute atomic E-state index is 0.0704. The molecule has 3 heteroatoms. The molecule has 0 bridgehead atoms. The second kappa shape index (κ2) is 6.05. The molecule has 0 atom stereocenters. The minimum Gasteiger partial charge on any atom is -0.381 e. The molecule has 0 radical (unpaired) electrons. The van der Waals surface area contributed by atoms with Crippen molar-refractivity contribution in [3.05, 3.63) is 65.2 Å². The molecule has 0 heterocycles. The summed E-state index contributed by atoms with van der Waals surface area (Å²) in [7, 11) is 1.63. The Balaban J connectivity index is 2.03. The molecule has 0 saturated carbocycles. The van der Waals surface area contributed by atoms with Crippen molar-refractivity contribution in [2.45, 2.75) is 13.5 Å². The van der Waals surface area contributed by atoms with Crippen molar-refractivity contribution in [3.63, 3.8) is 0 Å². The molecule has 19 heavy (non-hydrogen) atoms. The Morgan fingerprint density at radius 3 is 2.53 bits per heavy atom. The van der Waals surface area contributed by atoms with E-state index in [1.165, 1.54) is 11.1 Å². The molecule has 0 aliphatic heterocycles. The lowest BCUT2D eigenvalue weighted by Gasteiger charge is -2.08. The Morgan fingerprint density at radius 2 is 1.84 bits per heavy atom. The number of nitrogens with one attached hydrogen (secondary N) is 2. The van der Waals surface area contributed by atoms with Gasteiger partial charge in [0.05, 0.1) is 0 Å². The second-order valence-electron chi connectivity index (χ2n) is 4.50. The fourth-order valence-electron chi connectivity index (χ4n) is 1.82. The van der Waals surface area contributed by atoms with Gasteiger partial charge in [-0.25, -0.2) is 0 Å². The number of carbonyl (C=O) groups excluding carboxylic acids is 1. The maximum absolute atomic E-state index is 11.5. The van der Waals surface area contributed by atoms with Crippen LogP contribution in [0.5, 0.6) is 0 Å². The Morgan fingerprint density at radius 1 is 1.11 bits per heavy atom. The zero-order chi connectivity index (χ0) is 13.7. The van der Waals surface area contributed by atoms with Gasteiger partial charge in [-0.05, 0) is 30.7 Å². The summed E-state index contributed by atoms with van der Waals surface area (Å²) in [4.78, 5) is 11.5. The normalized spacial score (nSPS) is 10.0. The number of carbonyl (C=O) groups is 1. The first-order chi connectivity index (χ1) is 9.19. The first kappa shape index (κ1) is 13.1. The average Bonchev–Trinajstić information content (AvgIpc) is 2.46. The van der Waals surface area contributed by atoms with Gasteiger partial charge in [-0.3, -0.25) is 4.79 Å². The largest absolute Gasteiger partial charge is 0.381 e. The van der Waals surface area contributed by atoms with Gasteiger partial charge < -0.3 is 10.6 Å². The molecular formula is C16H18N2O. The molecule has 0 unspecified atom stereocenters. The lowest BCUT2D eigenvalue weighted by molar-refractivity contribution is 0.0963. The molecular weight excluding hydrogens is 236 g/mol. The van der Waals surface area contributed by atoms with Crippen molar-refractivity contribution in [2.75, 3.05) is 12.4 Å². The number of rotatable bonds is 4. The number of amides is 1. The van der Waals surface area contributed by atoms with E-state index >= 15 is 0 Å². The molecule has 0 spiro atoms. The molecule has 0 aliphatic carbocycles. The van der Waals surface area contributed by atoms with Crippen LogP contribution in [0.15, 0.2) is 48.5 Å². The van der Waals surface area contributed by atoms with E-state index in [-0.39, 0.29) is 5.91 Å². The fraction of sp³-hybridized carbons (Fsp3) is 0.188. The van der Waals surface area contributed by atoms with Gasteiger partial charge in [-0.2, -0.15) is 0 Å². The van der Waals surface area contributed by atoms with Gasteiger partial charge in [-0.1, -0.05) is 35.9 Å². The van der Waals surface area contributed by atoms with Crippen LogP contribution < -0.4 is 10.6 Å². The fourth-order valence-corrected chi connectivity index (χ4v) is 1.82. The van der Waals surface area contributed by atoms with Crippen LogP contribution in [0, 0.1) is 6.92 Å². The van der Waals surface area contributed by atoms with Crippen molar-refractivity contribution in [1.82, 2.24) is 5.32 Å². The highest BCUT2D eigenvalue weighted by atomic mass is 16.1. The van der Waals surface area contributed by atoms with E-state index in [1.807, 2.05) is 18.2 Å². The van der Waals surface area contributed by atoms with Gasteiger partial charge >= 0.3 is 0 Å². The summed E-state index contributed by atoms with van der Waals surface area (Å²) < 4.78 is 0. The first-order valence-corrected chi connectivity index (χ1v) is 6.30. The monoisotopic (exact) mass is 254 g/mol. The lowest BCUT2D eigenvalue weighted by atomic mass is 10.1. The zero-order valence-electron chi connectivity index (χ0n) is 11.2. The Labute approximate surface area is 113 Å². The van der Waals surface area contributed by atoms with E-state index < -0.39 is 0 Å². The molecule has 3 nitrogen and oxygen atoms in total. The predicted molar refractivity (Wildman–Crippen MR) is 78.3 cm³/mol. The molecule has 0 saturated heterocycles. The summed E-state index contributed by atoms with van der Waals surface area (Å²) in [5.74, 6) is -0.0704. The van der Waals surface area contributed by atoms with Crippen LogP contribution in [-0.4, -0.2) is 13.0 Å². The highest BCUT2D eigenvalue weighted by molar-refractivity contribution is 5.94. The predicted octanol–water partition coefficient (Wildman–Crippen LogP) is 2.97. The molecule has 0 aliphatic rings. The van der Waals surface area contributed by atoms with Gasteiger partial charge in [0.1, 0.15) is 0 Å². The molecule has 2 aromatic carbocycles. The molecule has 2 rings (SSSR count). The third-order valence-electron chi connectivity index (χ3n) is 2.97. The number of hydrogen-bond acceptors (Lipinski definition) is 2. The molecule has 0 fully saturated rings. The first-order valence-electron chi connectivity index (χ1n) is 6.30. The van der Waals surface area contributed by atoms with Crippen LogP contribution in [0.25, 0.3) is 0 Å². The van der Waals surface area contributed by atoms with Gasteiger partial charge in [0.2, 0.25) is 0 Å². The maximum atomic E-state index is 11.5. The van der Waals surface area contributed by atoms with Gasteiger partial charge in [0.25, 0.3) is 5.91 Å². The van der Waals surface area contributed by atoms with Gasteiger partial charge in [0.15, 0.2) is 0 Å². The van der Waals surface area contributed by atoms with Crippen molar-refractivity contribution >= 4 is 11.6 Å². The Hall–Kier alpha value is -2.29. The highest BCUT2D eigenvalue weighted by Crippen LogP contribution is 2.12. The van der Waals surface area contributed by atoms with E-state index in [1.54, 1.807) is 13.1 Å². The van der Waals surface area contributed by atoms with Crippen LogP contribution in [0.3, 0.4) is 0 Å². The van der Waals surface area contributed by atoms with Gasteiger partial charge in [0, 0.05) is 24.8 Å². The van der Waals surface area contributed by atoms with Crippen molar-refractivity contribution < 1.29 is 4.79 Å². The van der Waals surface area contributed by atoms with E-state index in [2.05, 4.69) is 41.8 Å². The quantitative estimate of drug-likeness (QED) is 0.880. The third kappa shape index (κ3) is 3.58. The molecule has 1 amide bonds. The molecule has 2 aromatic rings. The summed E-state index contributed by atoms with van der Waals surface area (Å²) in [5.41, 5.74) is 4.08. The number of hydrogen-bond donors (Lipinski definition) is 2. The number of aryl methyl sites for hydroxylation is 1. The van der Waals surface area contributed by atoms with Gasteiger partial charge in [-0.15, -0.1) is 0 Å². The van der Waals surface area contributed by atoms with Crippen LogP contribution in [0.2, 0.25) is 0 Å². The van der Waals surface area contributed by atoms with Crippen LogP contribution >= 0.6 is 0 Å². The zero-order valence-corrected chi connectivity index (χ0v) is 11.2. The Bertz CT molecular complexity index is 561. The number of benzene rings is 2. The topological polar surface area (TPSA) is 41.1 Å². The van der Waals surface area contributed by atoms with E-state index in [4.69, 9.17) is 0 Å². The van der Waals surface area contributed by atoms with Crippen molar-refractivity contribution in [2.24, 2.45) is 0 Å². The van der Waals surface area contributed by atoms with Crippen molar-refractivity contribution in [3.8, 4) is 0 Å². The van der Waals surface area contributed by atoms with E-state index in [9.17, 15) is 4.79 Å². The standard InChI is InChI=1S/C16H18N2O/c1-12-6-8-13(9-7-12)11-18-15-5-3-4-14(10-15)16(19)17-2/h3-10,18H,11H2,1-2H3,(H,17,19). The van der Waals surface area contributed by atoms with Crippen LogP contribution in [0.4, 0.5) is 5.69 Å². The maximum Gasteiger partial charge on any atom is 0.251 e. The van der Waals surface area contributed by atoms with Crippen molar-refractivity contribution in [1.29, 1.82) is 0 Å². The second-order valence-corrected chi connectivity index (χ2v) is 4.50. The Kier molecular flexibility index (Phi) is 4.18. The average molecular weight is 254 g/mol. The third-order valence-corrected chi connectivity index (χ3v) is 2.97. The molecule has 0 aromatic heterocycles. The number of anilines is 1. The van der Waals surface area contributed by atoms with Crippen LogP contribution in [-0.2, 0) is 6.54 Å².